The number of ether oxygens (including phenoxy) is 2. The summed E-state index contributed by atoms with van der Waals surface area (Å²) >= 11 is 3.46. The van der Waals surface area contributed by atoms with E-state index in [0.717, 1.165) is 60.6 Å². The van der Waals surface area contributed by atoms with E-state index in [2.05, 4.69) is 39.0 Å². The Balaban J connectivity index is 1.42. The Labute approximate surface area is 210 Å². The van der Waals surface area contributed by atoms with Gasteiger partial charge in [0.1, 0.15) is 12.4 Å². The number of rotatable bonds is 10. The number of carbonyl (C=O) groups excluding carboxylic acids is 1. The normalized spacial score (nSPS) is 14.0. The molecule has 1 amide bonds. The predicted octanol–water partition coefficient (Wildman–Crippen LogP) is 5.39. The van der Waals surface area contributed by atoms with E-state index in [1.54, 1.807) is 0 Å². The minimum absolute atomic E-state index is 0.0464. The molecule has 0 aliphatic carbocycles. The maximum Gasteiger partial charge on any atom is 0.254 e. The van der Waals surface area contributed by atoms with Gasteiger partial charge in [0.25, 0.3) is 5.91 Å². The number of amides is 1. The Hall–Kier alpha value is -2.67. The van der Waals surface area contributed by atoms with Gasteiger partial charge in [-0.3, -0.25) is 9.69 Å². The van der Waals surface area contributed by atoms with Crippen molar-refractivity contribution in [1.82, 2.24) is 9.80 Å². The van der Waals surface area contributed by atoms with Gasteiger partial charge in [0.05, 0.1) is 13.2 Å². The van der Waals surface area contributed by atoms with Crippen LogP contribution in [0.25, 0.3) is 0 Å². The second kappa shape index (κ2) is 12.7. The van der Waals surface area contributed by atoms with Crippen LogP contribution in [-0.4, -0.2) is 55.1 Å². The third kappa shape index (κ3) is 7.42. The van der Waals surface area contributed by atoms with Crippen LogP contribution >= 0.6 is 15.9 Å². The number of morpholine rings is 1. The lowest BCUT2D eigenvalue weighted by molar-refractivity contribution is 0.0355. The van der Waals surface area contributed by atoms with Gasteiger partial charge < -0.3 is 14.4 Å². The molecule has 1 fully saturated rings. The lowest BCUT2D eigenvalue weighted by Crippen LogP contribution is -2.39. The minimum atomic E-state index is 0.0464. The molecule has 1 aliphatic heterocycles. The van der Waals surface area contributed by atoms with Crippen LogP contribution in [0.3, 0.4) is 0 Å². The predicted molar refractivity (Wildman–Crippen MR) is 138 cm³/mol. The maximum atomic E-state index is 13.4. The first-order valence-corrected chi connectivity index (χ1v) is 12.6. The molecule has 0 aromatic heterocycles. The standard InChI is InChI=1S/C28H31BrN2O3/c29-26-12-10-25(11-13-26)28(32)31(15-5-14-30-16-18-33-19-17-30)21-24-8-4-9-27(20-24)34-22-23-6-2-1-3-7-23/h1-4,6-13,20H,5,14-19,21-22H2. The van der Waals surface area contributed by atoms with Crippen molar-refractivity contribution in [3.05, 3.63) is 100 Å². The zero-order chi connectivity index (χ0) is 23.6. The fraction of sp³-hybridized carbons (Fsp3) is 0.321. The van der Waals surface area contributed by atoms with Gasteiger partial charge in [0, 0.05) is 42.8 Å². The third-order valence-electron chi connectivity index (χ3n) is 5.90. The molecule has 0 unspecified atom stereocenters. The molecule has 34 heavy (non-hydrogen) atoms. The molecular formula is C28H31BrN2O3. The highest BCUT2D eigenvalue weighted by molar-refractivity contribution is 9.10. The Morgan fingerprint density at radius 1 is 0.941 bits per heavy atom. The number of hydrogen-bond donors (Lipinski definition) is 0. The van der Waals surface area contributed by atoms with E-state index in [1.165, 1.54) is 0 Å². The molecule has 0 saturated carbocycles. The molecule has 178 valence electrons. The van der Waals surface area contributed by atoms with Gasteiger partial charge in [0.2, 0.25) is 0 Å². The molecule has 3 aromatic rings. The van der Waals surface area contributed by atoms with E-state index in [9.17, 15) is 4.79 Å². The molecule has 5 nitrogen and oxygen atoms in total. The third-order valence-corrected chi connectivity index (χ3v) is 6.43. The van der Waals surface area contributed by atoms with Crippen LogP contribution in [0.15, 0.2) is 83.3 Å². The molecule has 0 bridgehead atoms. The SMILES string of the molecule is O=C(c1ccc(Br)cc1)N(CCCN1CCOCC1)Cc1cccc(OCc2ccccc2)c1. The first-order chi connectivity index (χ1) is 16.7. The number of nitrogens with zero attached hydrogens (tertiary/aromatic N) is 2. The minimum Gasteiger partial charge on any atom is -0.489 e. The van der Waals surface area contributed by atoms with Gasteiger partial charge in [-0.1, -0.05) is 58.4 Å². The summed E-state index contributed by atoms with van der Waals surface area (Å²) in [5, 5.41) is 0. The van der Waals surface area contributed by atoms with Crippen molar-refractivity contribution in [1.29, 1.82) is 0 Å². The molecule has 4 rings (SSSR count). The first-order valence-electron chi connectivity index (χ1n) is 11.8. The van der Waals surface area contributed by atoms with Crippen molar-refractivity contribution in [3.8, 4) is 5.75 Å². The van der Waals surface area contributed by atoms with E-state index in [4.69, 9.17) is 9.47 Å². The molecule has 0 N–H and O–H groups in total. The highest BCUT2D eigenvalue weighted by atomic mass is 79.9. The summed E-state index contributed by atoms with van der Waals surface area (Å²) in [5.74, 6) is 0.857. The topological polar surface area (TPSA) is 42.0 Å². The molecule has 3 aromatic carbocycles. The van der Waals surface area contributed by atoms with Crippen LogP contribution in [0, 0.1) is 0 Å². The van der Waals surface area contributed by atoms with Crippen molar-refractivity contribution in [2.75, 3.05) is 39.4 Å². The van der Waals surface area contributed by atoms with Gasteiger partial charge in [0.15, 0.2) is 0 Å². The van der Waals surface area contributed by atoms with E-state index in [0.29, 0.717) is 25.3 Å². The molecule has 1 heterocycles. The molecule has 6 heteroatoms. The molecule has 0 spiro atoms. The zero-order valence-corrected chi connectivity index (χ0v) is 21.0. The smallest absolute Gasteiger partial charge is 0.254 e. The molecule has 0 atom stereocenters. The number of carbonyl (C=O) groups is 1. The fourth-order valence-electron chi connectivity index (χ4n) is 4.03. The van der Waals surface area contributed by atoms with Gasteiger partial charge in [-0.25, -0.2) is 0 Å². The monoisotopic (exact) mass is 522 g/mol. The Morgan fingerprint density at radius 2 is 1.68 bits per heavy atom. The summed E-state index contributed by atoms with van der Waals surface area (Å²) < 4.78 is 12.4. The first kappa shape index (κ1) is 24.5. The molecule has 1 saturated heterocycles. The summed E-state index contributed by atoms with van der Waals surface area (Å²) in [6, 6.07) is 25.8. The average Bonchev–Trinajstić information content (AvgIpc) is 2.88. The lowest BCUT2D eigenvalue weighted by atomic mass is 10.1. The van der Waals surface area contributed by atoms with Crippen molar-refractivity contribution in [3.63, 3.8) is 0 Å². The van der Waals surface area contributed by atoms with Gasteiger partial charge in [-0.05, 0) is 53.9 Å². The highest BCUT2D eigenvalue weighted by Gasteiger charge is 2.18. The largest absolute Gasteiger partial charge is 0.489 e. The van der Waals surface area contributed by atoms with Crippen LogP contribution in [-0.2, 0) is 17.9 Å². The number of halogens is 1. The Bertz CT molecular complexity index is 1040. The van der Waals surface area contributed by atoms with Crippen LogP contribution < -0.4 is 4.74 Å². The zero-order valence-electron chi connectivity index (χ0n) is 19.4. The summed E-state index contributed by atoms with van der Waals surface area (Å²) in [5.41, 5.74) is 2.89. The summed E-state index contributed by atoms with van der Waals surface area (Å²) in [6.07, 6.45) is 0.923. The lowest BCUT2D eigenvalue weighted by Gasteiger charge is -2.28. The van der Waals surface area contributed by atoms with Crippen molar-refractivity contribution in [2.45, 2.75) is 19.6 Å². The molecule has 1 aliphatic rings. The molecule has 0 radical (unpaired) electrons. The number of hydrogen-bond acceptors (Lipinski definition) is 4. The Morgan fingerprint density at radius 3 is 2.44 bits per heavy atom. The fourth-order valence-corrected chi connectivity index (χ4v) is 4.30. The van der Waals surface area contributed by atoms with Crippen LogP contribution in [0.1, 0.15) is 27.9 Å². The van der Waals surface area contributed by atoms with Crippen molar-refractivity contribution >= 4 is 21.8 Å². The molecular weight excluding hydrogens is 492 g/mol. The van der Waals surface area contributed by atoms with Gasteiger partial charge in [-0.2, -0.15) is 0 Å². The van der Waals surface area contributed by atoms with E-state index in [-0.39, 0.29) is 5.91 Å². The van der Waals surface area contributed by atoms with Crippen LogP contribution in [0.5, 0.6) is 5.75 Å². The van der Waals surface area contributed by atoms with Gasteiger partial charge in [-0.15, -0.1) is 0 Å². The average molecular weight is 523 g/mol. The number of benzene rings is 3. The highest BCUT2D eigenvalue weighted by Crippen LogP contribution is 2.19. The van der Waals surface area contributed by atoms with E-state index >= 15 is 0 Å². The van der Waals surface area contributed by atoms with Gasteiger partial charge >= 0.3 is 0 Å². The summed E-state index contributed by atoms with van der Waals surface area (Å²) in [7, 11) is 0. The second-order valence-electron chi connectivity index (χ2n) is 8.46. The summed E-state index contributed by atoms with van der Waals surface area (Å²) in [4.78, 5) is 17.7. The maximum absolute atomic E-state index is 13.4. The Kier molecular flexibility index (Phi) is 9.13. The second-order valence-corrected chi connectivity index (χ2v) is 9.38. The van der Waals surface area contributed by atoms with Crippen molar-refractivity contribution in [2.24, 2.45) is 0 Å². The summed E-state index contributed by atoms with van der Waals surface area (Å²) in [6.45, 7) is 6.22. The van der Waals surface area contributed by atoms with Crippen molar-refractivity contribution < 1.29 is 14.3 Å². The quantitative estimate of drug-likeness (QED) is 0.357. The van der Waals surface area contributed by atoms with E-state index < -0.39 is 0 Å². The van der Waals surface area contributed by atoms with E-state index in [1.807, 2.05) is 65.6 Å². The van der Waals surface area contributed by atoms with Crippen LogP contribution in [0.2, 0.25) is 0 Å². The van der Waals surface area contributed by atoms with Crippen LogP contribution in [0.4, 0.5) is 0 Å².